The smallest absolute Gasteiger partial charge is 0.408 e. The first-order valence-corrected chi connectivity index (χ1v) is 10.4. The van der Waals surface area contributed by atoms with Gasteiger partial charge < -0.3 is 19.2 Å². The van der Waals surface area contributed by atoms with Crippen molar-refractivity contribution in [2.45, 2.75) is 71.9 Å². The number of carbonyl (C=O) groups excluding carboxylic acids is 2. The van der Waals surface area contributed by atoms with Crippen molar-refractivity contribution in [3.8, 4) is 5.75 Å². The van der Waals surface area contributed by atoms with Gasteiger partial charge in [-0.2, -0.15) is 0 Å². The molecule has 0 aliphatic rings. The molecule has 164 valence electrons. The molecule has 1 aromatic carbocycles. The van der Waals surface area contributed by atoms with Crippen molar-refractivity contribution in [2.75, 3.05) is 0 Å². The Morgan fingerprint density at radius 1 is 1.17 bits per heavy atom. The average Bonchev–Trinajstić information content (AvgIpc) is 2.61. The highest BCUT2D eigenvalue weighted by Gasteiger charge is 2.26. The van der Waals surface area contributed by atoms with Crippen LogP contribution < -0.4 is 15.7 Å². The minimum Gasteiger partial charge on any atom is -0.444 e. The van der Waals surface area contributed by atoms with E-state index in [0.29, 0.717) is 24.6 Å². The van der Waals surface area contributed by atoms with Crippen LogP contribution in [0.1, 0.15) is 59.4 Å². The largest absolute Gasteiger partial charge is 0.444 e. The van der Waals surface area contributed by atoms with Crippen LogP contribution in [0.3, 0.4) is 0 Å². The predicted molar refractivity (Wildman–Crippen MR) is 115 cm³/mol. The second-order valence-corrected chi connectivity index (χ2v) is 8.44. The fourth-order valence-electron chi connectivity index (χ4n) is 2.95. The Bertz CT molecular complexity index is 976. The third-order valence-electron chi connectivity index (χ3n) is 4.17. The number of rotatable bonds is 7. The molecule has 0 aliphatic carbocycles. The molecule has 2 rings (SSSR count). The number of nitrogens with one attached hydrogen (secondary N) is 1. The second-order valence-electron chi connectivity index (χ2n) is 8.03. The number of fused-ring (bicyclic) bond motifs is 1. The summed E-state index contributed by atoms with van der Waals surface area (Å²) in [6, 6.07) is 3.57. The minimum absolute atomic E-state index is 0.0538. The van der Waals surface area contributed by atoms with Gasteiger partial charge in [0.25, 0.3) is 0 Å². The Morgan fingerprint density at radius 3 is 2.47 bits per heavy atom. The molecular weight excluding hydrogens is 410 g/mol. The Kier molecular flexibility index (Phi) is 7.89. The topological polar surface area (TPSA) is 94.8 Å². The van der Waals surface area contributed by atoms with Crippen LogP contribution in [0.15, 0.2) is 27.4 Å². The van der Waals surface area contributed by atoms with E-state index < -0.39 is 29.3 Å². The van der Waals surface area contributed by atoms with E-state index in [1.807, 2.05) is 13.8 Å². The SMILES string of the molecule is CCCc1cc(=O)oc2cc(OC(=O)[C@@H](CCC)NC(=O)OC(C)(C)C)c(Cl)cc12. The highest BCUT2D eigenvalue weighted by molar-refractivity contribution is 6.33. The molecule has 1 atom stereocenters. The zero-order valence-corrected chi connectivity index (χ0v) is 18.7. The molecule has 0 spiro atoms. The maximum absolute atomic E-state index is 12.7. The molecule has 0 unspecified atom stereocenters. The van der Waals surface area contributed by atoms with Crippen molar-refractivity contribution in [3.63, 3.8) is 0 Å². The molecule has 30 heavy (non-hydrogen) atoms. The van der Waals surface area contributed by atoms with Crippen LogP contribution in [0, 0.1) is 0 Å². The van der Waals surface area contributed by atoms with Crippen LogP contribution in [0.2, 0.25) is 5.02 Å². The van der Waals surface area contributed by atoms with E-state index in [9.17, 15) is 14.4 Å². The molecule has 0 saturated heterocycles. The molecule has 8 heteroatoms. The number of hydrogen-bond donors (Lipinski definition) is 1. The number of carbonyl (C=O) groups is 2. The normalized spacial score (nSPS) is 12.5. The van der Waals surface area contributed by atoms with Gasteiger partial charge in [0.1, 0.15) is 17.2 Å². The van der Waals surface area contributed by atoms with E-state index in [4.69, 9.17) is 25.5 Å². The molecule has 0 radical (unpaired) electrons. The van der Waals surface area contributed by atoms with E-state index in [-0.39, 0.29) is 16.4 Å². The van der Waals surface area contributed by atoms with E-state index in [1.165, 1.54) is 12.1 Å². The van der Waals surface area contributed by atoms with Crippen LogP contribution >= 0.6 is 11.6 Å². The molecule has 2 aromatic rings. The molecular formula is C22H28ClNO6. The van der Waals surface area contributed by atoms with E-state index >= 15 is 0 Å². The first-order valence-electron chi connectivity index (χ1n) is 10.0. The molecule has 1 aromatic heterocycles. The number of aryl methyl sites for hydroxylation is 1. The second kappa shape index (κ2) is 9.98. The zero-order valence-electron chi connectivity index (χ0n) is 18.0. The molecule has 1 heterocycles. The Labute approximate surface area is 180 Å². The monoisotopic (exact) mass is 437 g/mol. The molecule has 1 amide bonds. The van der Waals surface area contributed by atoms with Gasteiger partial charge in [0, 0.05) is 17.5 Å². The van der Waals surface area contributed by atoms with Gasteiger partial charge >= 0.3 is 17.7 Å². The molecule has 0 aliphatic heterocycles. The summed E-state index contributed by atoms with van der Waals surface area (Å²) >= 11 is 6.32. The Morgan fingerprint density at radius 2 is 1.87 bits per heavy atom. The van der Waals surface area contributed by atoms with E-state index in [0.717, 1.165) is 12.0 Å². The number of benzene rings is 1. The van der Waals surface area contributed by atoms with Crippen LogP contribution in [0.4, 0.5) is 4.79 Å². The number of halogens is 1. The molecule has 1 N–H and O–H groups in total. The number of hydrogen-bond acceptors (Lipinski definition) is 6. The van der Waals surface area contributed by atoms with Crippen molar-refractivity contribution in [1.82, 2.24) is 5.32 Å². The summed E-state index contributed by atoms with van der Waals surface area (Å²) in [5, 5.41) is 3.43. The summed E-state index contributed by atoms with van der Waals surface area (Å²) in [5.41, 5.74) is -0.0783. The molecule has 0 fully saturated rings. The first-order chi connectivity index (χ1) is 14.0. The standard InChI is InChI=1S/C22H28ClNO6/c1-6-8-13-10-19(25)28-17-12-18(15(23)11-14(13)17)29-20(26)16(9-7-2)24-21(27)30-22(3,4)5/h10-12,16H,6-9H2,1-5H3,(H,24,27)/t16-/m1/s1. The van der Waals surface area contributed by atoms with Crippen LogP contribution in [0.25, 0.3) is 11.0 Å². The Hall–Kier alpha value is -2.54. The van der Waals surface area contributed by atoms with Gasteiger partial charge in [0.05, 0.1) is 5.02 Å². The summed E-state index contributed by atoms with van der Waals surface area (Å²) < 4.78 is 15.9. The van der Waals surface area contributed by atoms with Crippen molar-refractivity contribution in [3.05, 3.63) is 39.2 Å². The van der Waals surface area contributed by atoms with Gasteiger partial charge in [-0.25, -0.2) is 14.4 Å². The van der Waals surface area contributed by atoms with Gasteiger partial charge in [0.2, 0.25) is 0 Å². The van der Waals surface area contributed by atoms with Crippen molar-refractivity contribution < 1.29 is 23.5 Å². The molecule has 7 nitrogen and oxygen atoms in total. The van der Waals surface area contributed by atoms with Crippen LogP contribution in [-0.2, 0) is 16.0 Å². The van der Waals surface area contributed by atoms with Gasteiger partial charge in [0.15, 0.2) is 5.75 Å². The van der Waals surface area contributed by atoms with Gasteiger partial charge in [-0.15, -0.1) is 0 Å². The first kappa shape index (κ1) is 23.7. The van der Waals surface area contributed by atoms with Gasteiger partial charge in [-0.1, -0.05) is 38.3 Å². The van der Waals surface area contributed by atoms with E-state index in [1.54, 1.807) is 26.8 Å². The fourth-order valence-corrected chi connectivity index (χ4v) is 3.15. The average molecular weight is 438 g/mol. The minimum atomic E-state index is -0.907. The Balaban J connectivity index is 2.27. The highest BCUT2D eigenvalue weighted by Crippen LogP contribution is 2.32. The number of alkyl carbamates (subject to hydrolysis) is 1. The lowest BCUT2D eigenvalue weighted by Gasteiger charge is -2.22. The fraction of sp³-hybridized carbons (Fsp3) is 0.500. The summed E-state index contributed by atoms with van der Waals surface area (Å²) in [6.07, 6.45) is 1.82. The lowest BCUT2D eigenvalue weighted by molar-refractivity contribution is -0.137. The van der Waals surface area contributed by atoms with Crippen molar-refractivity contribution in [1.29, 1.82) is 0 Å². The quantitative estimate of drug-likeness (QED) is 0.372. The van der Waals surface area contributed by atoms with E-state index in [2.05, 4.69) is 5.32 Å². The lowest BCUT2D eigenvalue weighted by Crippen LogP contribution is -2.45. The highest BCUT2D eigenvalue weighted by atomic mass is 35.5. The number of ether oxygens (including phenoxy) is 2. The van der Waals surface area contributed by atoms with Crippen molar-refractivity contribution >= 4 is 34.6 Å². The van der Waals surface area contributed by atoms with Crippen LogP contribution in [0.5, 0.6) is 5.75 Å². The van der Waals surface area contributed by atoms with Crippen LogP contribution in [-0.4, -0.2) is 23.7 Å². The molecule has 0 saturated carbocycles. The summed E-state index contributed by atoms with van der Waals surface area (Å²) in [5.74, 6) is -0.630. The zero-order chi connectivity index (χ0) is 22.5. The van der Waals surface area contributed by atoms with Gasteiger partial charge in [-0.3, -0.25) is 0 Å². The molecule has 0 bridgehead atoms. The summed E-state index contributed by atoms with van der Waals surface area (Å²) in [6.45, 7) is 9.08. The lowest BCUT2D eigenvalue weighted by atomic mass is 10.1. The maximum atomic E-state index is 12.7. The van der Waals surface area contributed by atoms with Crippen molar-refractivity contribution in [2.24, 2.45) is 0 Å². The number of amides is 1. The van der Waals surface area contributed by atoms with Gasteiger partial charge in [-0.05, 0) is 45.2 Å². The third kappa shape index (κ3) is 6.49. The maximum Gasteiger partial charge on any atom is 0.408 e. The summed E-state index contributed by atoms with van der Waals surface area (Å²) in [4.78, 5) is 36.6. The predicted octanol–water partition coefficient (Wildman–Crippen LogP) is 5.00. The third-order valence-corrected chi connectivity index (χ3v) is 4.46. The summed E-state index contributed by atoms with van der Waals surface area (Å²) in [7, 11) is 0. The number of esters is 1.